The first-order chi connectivity index (χ1) is 13.7. The zero-order valence-electron chi connectivity index (χ0n) is 15.1. The molecule has 0 aliphatic carbocycles. The largest absolute Gasteiger partial charge is 0.308 e. The van der Waals surface area contributed by atoms with Crippen LogP contribution in [0, 0.1) is 11.6 Å². The Balaban J connectivity index is 1.37. The Hall–Kier alpha value is -3.32. The highest BCUT2D eigenvalue weighted by Gasteiger charge is 2.13. The standard InChI is InChI=1S/C21H19F2N5/c22-18-6-7-19(20(23)8-18)21-17(12-25-27-21)11-24-9-16-10-26-28(14-16)13-15-4-2-1-3-5-15/h1-8,10,12,14,24H,9,11,13H2,(H,25,27). The molecule has 4 aromatic rings. The van der Waals surface area contributed by atoms with Gasteiger partial charge in [-0.2, -0.15) is 10.2 Å². The number of nitrogens with one attached hydrogen (secondary N) is 2. The Labute approximate surface area is 161 Å². The maximum atomic E-state index is 14.0. The second-order valence-corrected chi connectivity index (χ2v) is 6.53. The van der Waals surface area contributed by atoms with Crippen molar-refractivity contribution in [3.05, 3.63) is 95.4 Å². The third-order valence-corrected chi connectivity index (χ3v) is 4.44. The topological polar surface area (TPSA) is 58.5 Å². The first-order valence-electron chi connectivity index (χ1n) is 8.92. The van der Waals surface area contributed by atoms with Gasteiger partial charge in [-0.1, -0.05) is 30.3 Å². The van der Waals surface area contributed by atoms with E-state index in [1.165, 1.54) is 17.7 Å². The van der Waals surface area contributed by atoms with E-state index in [1.54, 1.807) is 6.20 Å². The lowest BCUT2D eigenvalue weighted by molar-refractivity contribution is 0.585. The second-order valence-electron chi connectivity index (χ2n) is 6.53. The molecular weight excluding hydrogens is 360 g/mol. The van der Waals surface area contributed by atoms with Crippen LogP contribution in [0.5, 0.6) is 0 Å². The van der Waals surface area contributed by atoms with E-state index in [1.807, 2.05) is 35.3 Å². The zero-order chi connectivity index (χ0) is 19.3. The van der Waals surface area contributed by atoms with Gasteiger partial charge in [0, 0.05) is 42.0 Å². The van der Waals surface area contributed by atoms with Crippen molar-refractivity contribution < 1.29 is 8.78 Å². The van der Waals surface area contributed by atoms with Gasteiger partial charge < -0.3 is 5.32 Å². The number of H-pyrrole nitrogens is 1. The molecule has 0 radical (unpaired) electrons. The van der Waals surface area contributed by atoms with E-state index in [-0.39, 0.29) is 0 Å². The van der Waals surface area contributed by atoms with Crippen molar-refractivity contribution >= 4 is 0 Å². The summed E-state index contributed by atoms with van der Waals surface area (Å²) in [4.78, 5) is 0. The first kappa shape index (κ1) is 18.1. The summed E-state index contributed by atoms with van der Waals surface area (Å²) in [6, 6.07) is 13.6. The van der Waals surface area contributed by atoms with E-state index in [9.17, 15) is 8.78 Å². The van der Waals surface area contributed by atoms with Crippen LogP contribution in [0.3, 0.4) is 0 Å². The second kappa shape index (κ2) is 8.14. The lowest BCUT2D eigenvalue weighted by atomic mass is 10.1. The quantitative estimate of drug-likeness (QED) is 0.512. The Bertz CT molecular complexity index is 1060. The number of halogens is 2. The van der Waals surface area contributed by atoms with Gasteiger partial charge in [0.1, 0.15) is 11.6 Å². The van der Waals surface area contributed by atoms with Crippen LogP contribution >= 0.6 is 0 Å². The van der Waals surface area contributed by atoms with Gasteiger partial charge in [0.15, 0.2) is 0 Å². The minimum atomic E-state index is -0.618. The van der Waals surface area contributed by atoms with E-state index < -0.39 is 11.6 Å². The maximum Gasteiger partial charge on any atom is 0.135 e. The fraction of sp³-hybridized carbons (Fsp3) is 0.143. The molecule has 2 heterocycles. The molecule has 7 heteroatoms. The van der Waals surface area contributed by atoms with Crippen LogP contribution in [0.25, 0.3) is 11.3 Å². The summed E-state index contributed by atoms with van der Waals surface area (Å²) in [6.45, 7) is 1.83. The van der Waals surface area contributed by atoms with Crippen LogP contribution in [0.1, 0.15) is 16.7 Å². The van der Waals surface area contributed by atoms with Crippen LogP contribution in [0.15, 0.2) is 67.1 Å². The molecule has 0 saturated carbocycles. The van der Waals surface area contributed by atoms with Gasteiger partial charge in [0.05, 0.1) is 24.6 Å². The molecule has 0 bridgehead atoms. The molecule has 4 rings (SSSR count). The van der Waals surface area contributed by atoms with Crippen molar-refractivity contribution in [3.63, 3.8) is 0 Å². The summed E-state index contributed by atoms with van der Waals surface area (Å²) in [5, 5.41) is 14.5. The highest BCUT2D eigenvalue weighted by molar-refractivity contribution is 5.63. The van der Waals surface area contributed by atoms with Gasteiger partial charge >= 0.3 is 0 Å². The van der Waals surface area contributed by atoms with E-state index >= 15 is 0 Å². The molecule has 0 saturated heterocycles. The van der Waals surface area contributed by atoms with Gasteiger partial charge in [-0.3, -0.25) is 9.78 Å². The van der Waals surface area contributed by atoms with Gasteiger partial charge in [0.2, 0.25) is 0 Å². The van der Waals surface area contributed by atoms with Crippen molar-refractivity contribution in [2.75, 3.05) is 0 Å². The number of rotatable bonds is 7. The normalized spacial score (nSPS) is 11.1. The molecule has 142 valence electrons. The highest BCUT2D eigenvalue weighted by atomic mass is 19.1. The average Bonchev–Trinajstić information content (AvgIpc) is 3.32. The van der Waals surface area contributed by atoms with Gasteiger partial charge in [-0.25, -0.2) is 8.78 Å². The third-order valence-electron chi connectivity index (χ3n) is 4.44. The number of hydrogen-bond donors (Lipinski definition) is 2. The summed E-state index contributed by atoms with van der Waals surface area (Å²) in [6.07, 6.45) is 5.46. The molecule has 28 heavy (non-hydrogen) atoms. The Morgan fingerprint density at radius 3 is 2.64 bits per heavy atom. The molecule has 0 atom stereocenters. The van der Waals surface area contributed by atoms with Crippen molar-refractivity contribution in [1.29, 1.82) is 0 Å². The number of benzene rings is 2. The number of hydrogen-bond acceptors (Lipinski definition) is 3. The van der Waals surface area contributed by atoms with Crippen molar-refractivity contribution in [3.8, 4) is 11.3 Å². The van der Waals surface area contributed by atoms with Crippen LogP contribution in [0.2, 0.25) is 0 Å². The Morgan fingerprint density at radius 2 is 1.82 bits per heavy atom. The first-order valence-corrected chi connectivity index (χ1v) is 8.92. The maximum absolute atomic E-state index is 14.0. The van der Waals surface area contributed by atoms with Gasteiger partial charge in [-0.15, -0.1) is 0 Å². The molecule has 2 aromatic heterocycles. The number of aromatic nitrogens is 4. The molecule has 0 fully saturated rings. The molecule has 0 aliphatic rings. The molecule has 0 spiro atoms. The fourth-order valence-electron chi connectivity index (χ4n) is 3.07. The lowest BCUT2D eigenvalue weighted by Crippen LogP contribution is -2.12. The summed E-state index contributed by atoms with van der Waals surface area (Å²) in [7, 11) is 0. The smallest absolute Gasteiger partial charge is 0.135 e. The minimum Gasteiger partial charge on any atom is -0.308 e. The van der Waals surface area contributed by atoms with E-state index in [0.717, 1.165) is 23.7 Å². The minimum absolute atomic E-state index is 0.298. The van der Waals surface area contributed by atoms with Crippen molar-refractivity contribution in [1.82, 2.24) is 25.3 Å². The van der Waals surface area contributed by atoms with Gasteiger partial charge in [-0.05, 0) is 17.7 Å². The highest BCUT2D eigenvalue weighted by Crippen LogP contribution is 2.24. The average molecular weight is 379 g/mol. The Kier molecular flexibility index (Phi) is 5.25. The molecule has 5 nitrogen and oxygen atoms in total. The van der Waals surface area contributed by atoms with Crippen LogP contribution in [-0.2, 0) is 19.6 Å². The van der Waals surface area contributed by atoms with Crippen LogP contribution in [0.4, 0.5) is 8.78 Å². The molecule has 2 N–H and O–H groups in total. The van der Waals surface area contributed by atoms with E-state index in [2.05, 4.69) is 32.7 Å². The lowest BCUT2D eigenvalue weighted by Gasteiger charge is -2.06. The van der Waals surface area contributed by atoms with Gasteiger partial charge in [0.25, 0.3) is 0 Å². The third kappa shape index (κ3) is 4.15. The fourth-order valence-corrected chi connectivity index (χ4v) is 3.07. The summed E-state index contributed by atoms with van der Waals surface area (Å²) in [5.41, 5.74) is 3.89. The zero-order valence-corrected chi connectivity index (χ0v) is 15.1. The molecule has 0 amide bonds. The molecule has 0 unspecified atom stereocenters. The molecule has 0 aliphatic heterocycles. The summed E-state index contributed by atoms with van der Waals surface area (Å²) >= 11 is 0. The van der Waals surface area contributed by atoms with Crippen molar-refractivity contribution in [2.45, 2.75) is 19.6 Å². The molecular formula is C21H19F2N5. The van der Waals surface area contributed by atoms with Crippen LogP contribution in [-0.4, -0.2) is 20.0 Å². The van der Waals surface area contributed by atoms with E-state index in [0.29, 0.717) is 24.3 Å². The van der Waals surface area contributed by atoms with Crippen LogP contribution < -0.4 is 5.32 Å². The monoisotopic (exact) mass is 379 g/mol. The predicted octanol–water partition coefficient (Wildman–Crippen LogP) is 3.89. The molecule has 2 aromatic carbocycles. The summed E-state index contributed by atoms with van der Waals surface area (Å²) < 4.78 is 29.1. The van der Waals surface area contributed by atoms with E-state index in [4.69, 9.17) is 0 Å². The van der Waals surface area contributed by atoms with Crippen molar-refractivity contribution in [2.24, 2.45) is 0 Å². The Morgan fingerprint density at radius 1 is 0.964 bits per heavy atom. The number of nitrogens with zero attached hydrogens (tertiary/aromatic N) is 3. The number of aromatic amines is 1. The predicted molar refractivity (Wildman–Crippen MR) is 102 cm³/mol. The SMILES string of the molecule is Fc1ccc(-c2[nH]ncc2CNCc2cnn(Cc3ccccc3)c2)c(F)c1. The summed E-state index contributed by atoms with van der Waals surface area (Å²) in [5.74, 6) is -1.22.